The van der Waals surface area contributed by atoms with E-state index in [1.165, 1.54) is 59.8 Å². The molecule has 10 nitrogen and oxygen atoms in total. The van der Waals surface area contributed by atoms with Crippen molar-refractivity contribution in [1.29, 1.82) is 0 Å². The highest BCUT2D eigenvalue weighted by molar-refractivity contribution is 7.90. The number of sulfonamides is 1. The Balaban J connectivity index is 1.65. The van der Waals surface area contributed by atoms with Gasteiger partial charge in [-0.15, -0.1) is 0 Å². The van der Waals surface area contributed by atoms with Gasteiger partial charge in [0.25, 0.3) is 5.91 Å². The van der Waals surface area contributed by atoms with E-state index in [0.717, 1.165) is 6.26 Å². The number of amides is 1. The van der Waals surface area contributed by atoms with Crippen molar-refractivity contribution >= 4 is 37.4 Å². The van der Waals surface area contributed by atoms with Crippen LogP contribution in [0.1, 0.15) is 17.3 Å². The van der Waals surface area contributed by atoms with Gasteiger partial charge in [-0.05, 0) is 49.4 Å². The number of ether oxygens (including phenoxy) is 2. The number of sulfone groups is 1. The first kappa shape index (κ1) is 24.8. The van der Waals surface area contributed by atoms with E-state index in [1.54, 1.807) is 0 Å². The van der Waals surface area contributed by atoms with Gasteiger partial charge in [0.2, 0.25) is 10.0 Å². The Morgan fingerprint density at radius 2 is 1.64 bits per heavy atom. The van der Waals surface area contributed by atoms with E-state index < -0.39 is 37.8 Å². The lowest BCUT2D eigenvalue weighted by Gasteiger charge is -2.26. The molecule has 33 heavy (non-hydrogen) atoms. The number of carbonyl (C=O) groups is 2. The lowest BCUT2D eigenvalue weighted by Crippen LogP contribution is -2.40. The topological polar surface area (TPSA) is 136 Å². The summed E-state index contributed by atoms with van der Waals surface area (Å²) in [6, 6.07) is 10.9. The molecule has 2 aromatic rings. The van der Waals surface area contributed by atoms with Gasteiger partial charge < -0.3 is 14.8 Å². The van der Waals surface area contributed by atoms with Gasteiger partial charge in [0, 0.05) is 25.0 Å². The second-order valence-electron chi connectivity index (χ2n) is 7.38. The molecule has 3 rings (SSSR count). The number of nitrogens with zero attached hydrogens (tertiary/aromatic N) is 1. The molecule has 1 fully saturated rings. The summed E-state index contributed by atoms with van der Waals surface area (Å²) in [6.45, 7) is 2.49. The average Bonchev–Trinajstić information content (AvgIpc) is 2.79. The van der Waals surface area contributed by atoms with Crippen molar-refractivity contribution < 1.29 is 35.9 Å². The van der Waals surface area contributed by atoms with Gasteiger partial charge in [-0.25, -0.2) is 21.6 Å². The monoisotopic (exact) mass is 496 g/mol. The molecule has 1 unspecified atom stereocenters. The smallest absolute Gasteiger partial charge is 0.338 e. The van der Waals surface area contributed by atoms with E-state index in [1.807, 2.05) is 0 Å². The summed E-state index contributed by atoms with van der Waals surface area (Å²) < 4.78 is 60.3. The van der Waals surface area contributed by atoms with Crippen molar-refractivity contribution in [1.82, 2.24) is 4.31 Å². The Morgan fingerprint density at radius 1 is 1.00 bits per heavy atom. The minimum atomic E-state index is -3.74. The van der Waals surface area contributed by atoms with Crippen LogP contribution in [0.15, 0.2) is 58.3 Å². The molecule has 0 spiro atoms. The average molecular weight is 497 g/mol. The van der Waals surface area contributed by atoms with Crippen LogP contribution in [-0.2, 0) is 34.1 Å². The van der Waals surface area contributed by atoms with E-state index in [9.17, 15) is 26.4 Å². The highest BCUT2D eigenvalue weighted by Gasteiger charge is 2.27. The van der Waals surface area contributed by atoms with Gasteiger partial charge in [-0.3, -0.25) is 4.79 Å². The van der Waals surface area contributed by atoms with Gasteiger partial charge in [-0.1, -0.05) is 6.07 Å². The second kappa shape index (κ2) is 10.00. The van der Waals surface area contributed by atoms with Crippen LogP contribution in [0.25, 0.3) is 0 Å². The number of esters is 1. The number of hydrogen-bond acceptors (Lipinski definition) is 8. The van der Waals surface area contributed by atoms with Crippen LogP contribution in [0.3, 0.4) is 0 Å². The number of nitrogens with one attached hydrogen (secondary N) is 1. The predicted molar refractivity (Wildman–Crippen MR) is 119 cm³/mol. The van der Waals surface area contributed by atoms with Crippen LogP contribution >= 0.6 is 0 Å². The Labute approximate surface area is 192 Å². The number of benzene rings is 2. The third-order valence-electron chi connectivity index (χ3n) is 4.88. The van der Waals surface area contributed by atoms with E-state index in [-0.39, 0.29) is 34.1 Å². The van der Waals surface area contributed by atoms with Gasteiger partial charge in [-0.2, -0.15) is 4.31 Å². The maximum atomic E-state index is 12.8. The first-order chi connectivity index (χ1) is 15.5. The molecule has 1 N–H and O–H groups in total. The van der Waals surface area contributed by atoms with Crippen molar-refractivity contribution in [3.8, 4) is 0 Å². The maximum absolute atomic E-state index is 12.8. The lowest BCUT2D eigenvalue weighted by atomic mass is 10.2. The SMILES string of the molecule is CC(OC(=O)c1ccc(S(C)(=O)=O)cc1)C(=O)Nc1cccc(S(=O)(=O)N2CCOCC2)c1. The van der Waals surface area contributed by atoms with Gasteiger partial charge in [0.1, 0.15) is 0 Å². The van der Waals surface area contributed by atoms with Crippen LogP contribution in [0, 0.1) is 0 Å². The Kier molecular flexibility index (Phi) is 7.52. The molecule has 1 atom stereocenters. The Bertz CT molecular complexity index is 1240. The largest absolute Gasteiger partial charge is 0.449 e. The first-order valence-electron chi connectivity index (χ1n) is 9.98. The van der Waals surface area contributed by atoms with Crippen molar-refractivity contribution in [2.45, 2.75) is 22.8 Å². The summed E-state index contributed by atoms with van der Waals surface area (Å²) in [6.07, 6.45) is -0.139. The van der Waals surface area contributed by atoms with Crippen LogP contribution in [-0.4, -0.2) is 71.7 Å². The fourth-order valence-corrected chi connectivity index (χ4v) is 5.12. The molecule has 1 heterocycles. The zero-order valence-electron chi connectivity index (χ0n) is 18.1. The van der Waals surface area contributed by atoms with Crippen molar-refractivity contribution in [2.75, 3.05) is 37.9 Å². The molecule has 2 aromatic carbocycles. The molecular weight excluding hydrogens is 472 g/mol. The molecule has 0 aromatic heterocycles. The molecule has 1 amide bonds. The van der Waals surface area contributed by atoms with Crippen molar-refractivity contribution in [3.63, 3.8) is 0 Å². The highest BCUT2D eigenvalue weighted by atomic mass is 32.2. The molecule has 12 heteroatoms. The summed E-state index contributed by atoms with van der Waals surface area (Å²) in [5.74, 6) is -1.46. The Hall–Kier alpha value is -2.80. The quantitative estimate of drug-likeness (QED) is 0.567. The van der Waals surface area contributed by atoms with Gasteiger partial charge in [0.15, 0.2) is 15.9 Å². The minimum Gasteiger partial charge on any atom is -0.449 e. The third-order valence-corrected chi connectivity index (χ3v) is 7.90. The standard InChI is InChI=1S/C21H24N2O8S2/c1-15(31-21(25)16-6-8-18(9-7-16)32(2,26)27)20(24)22-17-4-3-5-19(14-17)33(28,29)23-10-12-30-13-11-23/h3-9,14-15H,10-13H2,1-2H3,(H,22,24). The molecule has 0 aliphatic carbocycles. The number of rotatable bonds is 7. The fourth-order valence-electron chi connectivity index (χ4n) is 3.03. The van der Waals surface area contributed by atoms with Crippen molar-refractivity contribution in [2.24, 2.45) is 0 Å². The van der Waals surface area contributed by atoms with Gasteiger partial charge in [0.05, 0.1) is 28.6 Å². The Morgan fingerprint density at radius 3 is 2.24 bits per heavy atom. The van der Waals surface area contributed by atoms with Crippen LogP contribution in [0.5, 0.6) is 0 Å². The number of hydrogen-bond donors (Lipinski definition) is 1. The van der Waals surface area contributed by atoms with E-state index in [2.05, 4.69) is 5.32 Å². The highest BCUT2D eigenvalue weighted by Crippen LogP contribution is 2.21. The minimum absolute atomic E-state index is 0.0258. The maximum Gasteiger partial charge on any atom is 0.338 e. The van der Waals surface area contributed by atoms with Crippen LogP contribution < -0.4 is 5.32 Å². The van der Waals surface area contributed by atoms with E-state index in [0.29, 0.717) is 13.2 Å². The lowest BCUT2D eigenvalue weighted by molar-refractivity contribution is -0.123. The van der Waals surface area contributed by atoms with E-state index >= 15 is 0 Å². The molecule has 0 bridgehead atoms. The third kappa shape index (κ3) is 6.16. The zero-order chi connectivity index (χ0) is 24.2. The summed E-state index contributed by atoms with van der Waals surface area (Å²) in [5, 5.41) is 2.54. The molecular formula is C21H24N2O8S2. The molecule has 1 saturated heterocycles. The number of anilines is 1. The molecule has 178 valence electrons. The summed E-state index contributed by atoms with van der Waals surface area (Å²) in [5.41, 5.74) is 0.315. The fraction of sp³-hybridized carbons (Fsp3) is 0.333. The van der Waals surface area contributed by atoms with Crippen molar-refractivity contribution in [3.05, 3.63) is 54.1 Å². The van der Waals surface area contributed by atoms with Crippen LogP contribution in [0.2, 0.25) is 0 Å². The van der Waals surface area contributed by atoms with E-state index in [4.69, 9.17) is 9.47 Å². The second-order valence-corrected chi connectivity index (χ2v) is 11.3. The molecule has 0 radical (unpaired) electrons. The zero-order valence-corrected chi connectivity index (χ0v) is 19.7. The first-order valence-corrected chi connectivity index (χ1v) is 13.3. The van der Waals surface area contributed by atoms with Gasteiger partial charge >= 0.3 is 5.97 Å². The summed E-state index contributed by atoms with van der Waals surface area (Å²) in [7, 11) is -7.14. The van der Waals surface area contributed by atoms with Crippen LogP contribution in [0.4, 0.5) is 5.69 Å². The molecule has 0 saturated carbocycles. The number of carbonyl (C=O) groups excluding carboxylic acids is 2. The summed E-state index contributed by atoms with van der Waals surface area (Å²) >= 11 is 0. The normalized spacial score (nSPS) is 16.1. The predicted octanol–water partition coefficient (Wildman–Crippen LogP) is 1.29. The number of morpholine rings is 1. The molecule has 1 aliphatic heterocycles. The summed E-state index contributed by atoms with van der Waals surface area (Å²) in [4.78, 5) is 24.8. The molecule has 1 aliphatic rings.